The highest BCUT2D eigenvalue weighted by Crippen LogP contribution is 2.24. The Labute approximate surface area is 209 Å². The summed E-state index contributed by atoms with van der Waals surface area (Å²) >= 11 is 1.40. The number of aliphatic imine (C=N–C) groups is 1. The number of amidine groups is 1. The highest BCUT2D eigenvalue weighted by Gasteiger charge is 2.35. The van der Waals surface area contributed by atoms with E-state index < -0.39 is 11.5 Å². The number of thioether (sulfide) groups is 1. The molecule has 35 heavy (non-hydrogen) atoms. The van der Waals surface area contributed by atoms with Crippen LogP contribution in [0.5, 0.6) is 0 Å². The van der Waals surface area contributed by atoms with Crippen LogP contribution in [-0.2, 0) is 32.2 Å². The second-order valence-electron chi connectivity index (χ2n) is 8.41. The first-order valence-electron chi connectivity index (χ1n) is 11.2. The van der Waals surface area contributed by atoms with E-state index in [1.807, 2.05) is 36.6 Å². The molecule has 0 aliphatic carbocycles. The maximum atomic E-state index is 13.6. The van der Waals surface area contributed by atoms with Crippen LogP contribution in [0.25, 0.3) is 0 Å². The summed E-state index contributed by atoms with van der Waals surface area (Å²) in [5.74, 6) is -0.199. The Morgan fingerprint density at radius 1 is 1.29 bits per heavy atom. The minimum absolute atomic E-state index is 0.0363. The lowest BCUT2D eigenvalue weighted by Gasteiger charge is -2.37. The molecule has 0 bridgehead atoms. The highest BCUT2D eigenvalue weighted by molar-refractivity contribution is 7.98. The van der Waals surface area contributed by atoms with Crippen molar-refractivity contribution in [2.75, 3.05) is 19.4 Å². The molecule has 0 spiro atoms. The van der Waals surface area contributed by atoms with Gasteiger partial charge in [-0.2, -0.15) is 0 Å². The molecule has 0 unspecified atom stereocenters. The van der Waals surface area contributed by atoms with E-state index in [0.717, 1.165) is 16.0 Å². The molecule has 7 nitrogen and oxygen atoms in total. The Morgan fingerprint density at radius 2 is 2.03 bits per heavy atom. The molecule has 3 rings (SSSR count). The van der Waals surface area contributed by atoms with Crippen molar-refractivity contribution in [3.05, 3.63) is 76.9 Å². The quantitative estimate of drug-likeness (QED) is 0.241. The molecule has 2 aromatic rings. The summed E-state index contributed by atoms with van der Waals surface area (Å²) in [5, 5.41) is 2.85. The second-order valence-corrected chi connectivity index (χ2v) is 9.26. The largest absolute Gasteiger partial charge is 0.491 e. The Morgan fingerprint density at radius 3 is 2.71 bits per heavy atom. The summed E-state index contributed by atoms with van der Waals surface area (Å²) in [4.78, 5) is 31.8. The third-order valence-corrected chi connectivity index (χ3v) is 6.31. The fourth-order valence-corrected chi connectivity index (χ4v) is 4.20. The number of allylic oxidation sites excluding steroid dienone is 1. The number of carbonyl (C=O) groups is 2. The van der Waals surface area contributed by atoms with Crippen LogP contribution in [0, 0.1) is 5.82 Å². The molecule has 1 heterocycles. The Kier molecular flexibility index (Phi) is 9.06. The average molecular weight is 500 g/mol. The van der Waals surface area contributed by atoms with E-state index in [-0.39, 0.29) is 24.7 Å². The van der Waals surface area contributed by atoms with Crippen molar-refractivity contribution in [1.29, 1.82) is 0 Å². The molecule has 0 saturated carbocycles. The van der Waals surface area contributed by atoms with Crippen molar-refractivity contribution in [1.82, 2.24) is 10.2 Å². The predicted molar refractivity (Wildman–Crippen MR) is 134 cm³/mol. The summed E-state index contributed by atoms with van der Waals surface area (Å²) in [7, 11) is 0. The molecule has 1 N–H and O–H groups in total. The number of rotatable bonds is 9. The van der Waals surface area contributed by atoms with Crippen molar-refractivity contribution >= 4 is 29.9 Å². The van der Waals surface area contributed by atoms with E-state index in [0.29, 0.717) is 31.2 Å². The van der Waals surface area contributed by atoms with Gasteiger partial charge in [-0.1, -0.05) is 36.4 Å². The number of morpholine rings is 1. The van der Waals surface area contributed by atoms with E-state index in [2.05, 4.69) is 10.3 Å². The van der Waals surface area contributed by atoms with Crippen LogP contribution in [-0.4, -0.2) is 48.1 Å². The molecule has 2 aromatic carbocycles. The predicted octanol–water partition coefficient (Wildman–Crippen LogP) is 4.28. The van der Waals surface area contributed by atoms with Gasteiger partial charge in [0, 0.05) is 11.4 Å². The van der Waals surface area contributed by atoms with Crippen molar-refractivity contribution in [3.8, 4) is 0 Å². The maximum Gasteiger partial charge on any atom is 0.273 e. The zero-order valence-electron chi connectivity index (χ0n) is 20.3. The van der Waals surface area contributed by atoms with Crippen LogP contribution in [0.3, 0.4) is 0 Å². The van der Waals surface area contributed by atoms with Gasteiger partial charge in [0.15, 0.2) is 5.70 Å². The molecular weight excluding hydrogens is 469 g/mol. The van der Waals surface area contributed by atoms with Crippen LogP contribution < -0.4 is 5.32 Å². The molecule has 0 radical (unpaired) electrons. The number of hydrogen-bond acceptors (Lipinski definition) is 6. The number of amides is 2. The monoisotopic (exact) mass is 499 g/mol. The van der Waals surface area contributed by atoms with Gasteiger partial charge in [-0.15, -0.1) is 11.8 Å². The second kappa shape index (κ2) is 12.0. The summed E-state index contributed by atoms with van der Waals surface area (Å²) in [5.41, 5.74) is 0.867. The minimum atomic E-state index is -0.882. The third-order valence-electron chi connectivity index (χ3n) is 5.49. The SMILES string of the molecule is CSc1cc(F)ccc1CNC(=O)/C(N=C1N(C=O)CCOC1(C)C)=C(/C)OCc1ccccc1. The Bertz CT molecular complexity index is 1120. The first kappa shape index (κ1) is 26.4. The van der Waals surface area contributed by atoms with Crippen molar-refractivity contribution in [3.63, 3.8) is 0 Å². The minimum Gasteiger partial charge on any atom is -0.491 e. The van der Waals surface area contributed by atoms with Crippen LogP contribution in [0.1, 0.15) is 31.9 Å². The molecule has 9 heteroatoms. The number of benzene rings is 2. The van der Waals surface area contributed by atoms with E-state index in [1.54, 1.807) is 26.8 Å². The summed E-state index contributed by atoms with van der Waals surface area (Å²) in [6.45, 7) is 6.36. The molecule has 0 aromatic heterocycles. The number of carbonyl (C=O) groups excluding carboxylic acids is 2. The van der Waals surface area contributed by atoms with E-state index in [1.165, 1.54) is 28.8 Å². The van der Waals surface area contributed by atoms with Crippen LogP contribution >= 0.6 is 11.8 Å². The van der Waals surface area contributed by atoms with Crippen LogP contribution in [0.2, 0.25) is 0 Å². The third kappa shape index (κ3) is 6.93. The van der Waals surface area contributed by atoms with Gasteiger partial charge in [0.05, 0.1) is 13.2 Å². The normalized spacial score (nSPS) is 17.1. The van der Waals surface area contributed by atoms with E-state index >= 15 is 0 Å². The lowest BCUT2D eigenvalue weighted by molar-refractivity contribution is -0.119. The number of nitrogens with one attached hydrogen (secondary N) is 1. The fraction of sp³-hybridized carbons (Fsp3) is 0.346. The standard InChI is InChI=1S/C26H30FN3O4S/c1-18(33-16-19-8-6-5-7-9-19)23(29-25-26(2,3)34-13-12-30(25)17-31)24(32)28-15-20-10-11-21(27)14-22(20)35-4/h5-11,14,17H,12-13,15-16H2,1-4H3,(H,28,32)/b23-18+,29-25?. The van der Waals surface area contributed by atoms with E-state index in [9.17, 15) is 14.0 Å². The van der Waals surface area contributed by atoms with Gasteiger partial charge in [-0.3, -0.25) is 14.5 Å². The molecule has 1 aliphatic rings. The zero-order chi connectivity index (χ0) is 25.4. The van der Waals surface area contributed by atoms with Gasteiger partial charge in [0.25, 0.3) is 5.91 Å². The first-order valence-corrected chi connectivity index (χ1v) is 12.4. The van der Waals surface area contributed by atoms with Crippen LogP contribution in [0.4, 0.5) is 4.39 Å². The average Bonchev–Trinajstić information content (AvgIpc) is 2.85. The van der Waals surface area contributed by atoms with Gasteiger partial charge in [0.1, 0.15) is 29.6 Å². The lowest BCUT2D eigenvalue weighted by atomic mass is 10.1. The number of halogens is 1. The summed E-state index contributed by atoms with van der Waals surface area (Å²) < 4.78 is 25.3. The van der Waals surface area contributed by atoms with Gasteiger partial charge in [-0.25, -0.2) is 9.38 Å². The first-order chi connectivity index (χ1) is 16.7. The lowest BCUT2D eigenvalue weighted by Crippen LogP contribution is -2.53. The number of nitrogens with zero attached hydrogens (tertiary/aromatic N) is 2. The van der Waals surface area contributed by atoms with Gasteiger partial charge in [-0.05, 0) is 50.3 Å². The Hall–Kier alpha value is -3.17. The van der Waals surface area contributed by atoms with Gasteiger partial charge < -0.3 is 14.8 Å². The van der Waals surface area contributed by atoms with Crippen molar-refractivity contribution < 1.29 is 23.5 Å². The van der Waals surface area contributed by atoms with Crippen LogP contribution in [0.15, 0.2) is 69.9 Å². The molecule has 0 atom stereocenters. The molecule has 1 saturated heterocycles. The number of hydrogen-bond donors (Lipinski definition) is 1. The smallest absolute Gasteiger partial charge is 0.273 e. The topological polar surface area (TPSA) is 80.2 Å². The summed E-state index contributed by atoms with van der Waals surface area (Å²) in [6.07, 6.45) is 2.53. The molecule has 186 valence electrons. The maximum absolute atomic E-state index is 13.6. The molecular formula is C26H30FN3O4S. The van der Waals surface area contributed by atoms with E-state index in [4.69, 9.17) is 9.47 Å². The fourth-order valence-electron chi connectivity index (χ4n) is 3.57. The molecule has 1 fully saturated rings. The summed E-state index contributed by atoms with van der Waals surface area (Å²) in [6, 6.07) is 14.0. The van der Waals surface area contributed by atoms with Crippen molar-refractivity contribution in [2.45, 2.75) is 44.4 Å². The molecule has 2 amide bonds. The van der Waals surface area contributed by atoms with Gasteiger partial charge >= 0.3 is 0 Å². The highest BCUT2D eigenvalue weighted by atomic mass is 32.2. The number of ether oxygens (including phenoxy) is 2. The molecule has 1 aliphatic heterocycles. The zero-order valence-corrected chi connectivity index (χ0v) is 21.2. The van der Waals surface area contributed by atoms with Crippen molar-refractivity contribution in [2.24, 2.45) is 4.99 Å². The van der Waals surface area contributed by atoms with Gasteiger partial charge in [0.2, 0.25) is 6.41 Å². The Balaban J connectivity index is 1.92.